The van der Waals surface area contributed by atoms with Crippen LogP contribution in [-0.2, 0) is 24.8 Å². The van der Waals surface area contributed by atoms with E-state index in [2.05, 4.69) is 239 Å². The van der Waals surface area contributed by atoms with E-state index in [4.69, 9.17) is 11.2 Å². The smallest absolute Gasteiger partial charge is 0.0739 e. The standard InChI is InChI=1S/2C18H15P.C14H17Si.CO.Ir/c2*1-4-10-16(11-5-1)19(17-12-6-2-7-13-17)18-14-8-3-9-15-18;1-5-12-13(14(12)15(2,3)4)11-9-7-6-8-10-11;1-2;/h2*1-15H;1,5-10,12H,2-4H3;;/q;;-1;;. The van der Waals surface area contributed by atoms with Gasteiger partial charge in [-0.25, -0.2) is 0 Å². The van der Waals surface area contributed by atoms with Crippen LogP contribution in [0.1, 0.15) is 5.56 Å². The first kappa shape index (κ1) is 44.2. The summed E-state index contributed by atoms with van der Waals surface area (Å²) in [4.78, 5) is 0. The van der Waals surface area contributed by atoms with Crippen molar-refractivity contribution in [1.29, 1.82) is 0 Å². The van der Waals surface area contributed by atoms with E-state index >= 15 is 0 Å². The molecule has 1 nitrogen and oxygen atoms in total. The molecule has 5 heteroatoms. The molecule has 1 atom stereocenters. The zero-order valence-corrected chi connectivity index (χ0v) is 37.3. The molecule has 1 unspecified atom stereocenters. The molecule has 0 aromatic heterocycles. The van der Waals surface area contributed by atoms with Crippen LogP contribution in [0.5, 0.6) is 0 Å². The van der Waals surface area contributed by atoms with Gasteiger partial charge in [0.25, 0.3) is 0 Å². The van der Waals surface area contributed by atoms with Gasteiger partial charge in [-0.3, -0.25) is 6.08 Å². The maximum Gasteiger partial charge on any atom is 0.0739 e. The van der Waals surface area contributed by atoms with Crippen LogP contribution in [0.3, 0.4) is 0 Å². The van der Waals surface area contributed by atoms with E-state index in [9.17, 15) is 0 Å². The Labute approximate surface area is 351 Å². The molecule has 0 saturated heterocycles. The molecule has 7 aromatic rings. The fourth-order valence-electron chi connectivity index (χ4n) is 6.61. The van der Waals surface area contributed by atoms with Crippen LogP contribution in [0, 0.1) is 19.1 Å². The summed E-state index contributed by atoms with van der Waals surface area (Å²) in [5, 5.41) is 10.0. The third-order valence-corrected chi connectivity index (χ3v) is 16.1. The average molecular weight is 958 g/mol. The van der Waals surface area contributed by atoms with E-state index in [0.717, 1.165) is 0 Å². The Kier molecular flexibility index (Phi) is 18.1. The van der Waals surface area contributed by atoms with Gasteiger partial charge in [-0.15, -0.1) is 0 Å². The summed E-state index contributed by atoms with van der Waals surface area (Å²) in [5.74, 6) is 0.457. The summed E-state index contributed by atoms with van der Waals surface area (Å²) in [6, 6.07) is 75.3. The van der Waals surface area contributed by atoms with Crippen LogP contribution < -0.4 is 31.8 Å². The second-order valence-corrected chi connectivity index (χ2v) is 23.3. The molecule has 0 fully saturated rings. The van der Waals surface area contributed by atoms with Crippen molar-refractivity contribution in [3.05, 3.63) is 242 Å². The van der Waals surface area contributed by atoms with Crippen LogP contribution in [0.2, 0.25) is 19.6 Å². The van der Waals surface area contributed by atoms with E-state index in [1.54, 1.807) is 5.20 Å². The van der Waals surface area contributed by atoms with E-state index in [1.807, 2.05) is 6.08 Å². The van der Waals surface area contributed by atoms with Gasteiger partial charge in [-0.05, 0) is 64.7 Å². The Morgan fingerprint density at radius 2 is 0.643 bits per heavy atom. The molecule has 1 aliphatic rings. The molecule has 0 amide bonds. The molecule has 0 aliphatic heterocycles. The quantitative estimate of drug-likeness (QED) is 0.0595. The van der Waals surface area contributed by atoms with Crippen molar-refractivity contribution in [1.82, 2.24) is 0 Å². The van der Waals surface area contributed by atoms with Crippen molar-refractivity contribution in [3.63, 3.8) is 0 Å². The fraction of sp³-hybridized carbons (Fsp3) is 0.0784. The Hall–Kier alpha value is -4.51. The third kappa shape index (κ3) is 12.2. The van der Waals surface area contributed by atoms with Gasteiger partial charge in [0.05, 0.1) is 8.07 Å². The molecule has 56 heavy (non-hydrogen) atoms. The molecule has 1 aliphatic carbocycles. The van der Waals surface area contributed by atoms with Gasteiger partial charge in [0.1, 0.15) is 0 Å². The number of hydrogen-bond acceptors (Lipinski definition) is 0. The van der Waals surface area contributed by atoms with Gasteiger partial charge in [-0.1, -0.05) is 237 Å². The maximum atomic E-state index is 7.50. The normalized spacial score (nSPS) is 12.7. The molecule has 0 saturated carbocycles. The summed E-state index contributed by atoms with van der Waals surface area (Å²) in [5.41, 5.74) is 2.83. The summed E-state index contributed by atoms with van der Waals surface area (Å²) in [7, 11) is -2.08. The second-order valence-electron chi connectivity index (χ2n) is 13.8. The van der Waals surface area contributed by atoms with Crippen LogP contribution in [0.25, 0.3) is 5.57 Å². The Morgan fingerprint density at radius 3 is 0.821 bits per heavy atom. The van der Waals surface area contributed by atoms with Crippen LogP contribution in [0.4, 0.5) is 0 Å². The minimum atomic E-state index is -1.18. The van der Waals surface area contributed by atoms with Gasteiger partial charge in [0, 0.05) is 20.1 Å². The molecule has 0 heterocycles. The average Bonchev–Trinajstić information content (AvgIpc) is 4.02. The SMILES string of the molecule is [C-]#[O+].[CH-]=CC1C(c2ccccc2)=C1[Si](C)(C)C.[Ir].c1ccc(P(c2ccccc2)c2ccccc2)cc1.c1ccc(P(c2ccccc2)c2ccccc2)cc1. The first-order chi connectivity index (χ1) is 27.0. The Morgan fingerprint density at radius 1 is 0.429 bits per heavy atom. The first-order valence-corrected chi connectivity index (χ1v) is 24.6. The fourth-order valence-corrected chi connectivity index (χ4v) is 13.4. The van der Waals surface area contributed by atoms with Crippen molar-refractivity contribution in [2.45, 2.75) is 19.6 Å². The molecular formula is C51H47IrOP2Si-. The summed E-state index contributed by atoms with van der Waals surface area (Å²) in [6.07, 6.45) is 1.84. The van der Waals surface area contributed by atoms with Crippen molar-refractivity contribution in [2.24, 2.45) is 5.92 Å². The molecule has 281 valence electrons. The van der Waals surface area contributed by atoms with Crippen molar-refractivity contribution >= 4 is 61.3 Å². The molecule has 8 rings (SSSR count). The maximum absolute atomic E-state index is 7.50. The summed E-state index contributed by atoms with van der Waals surface area (Å²) in [6.45, 7) is 17.4. The van der Waals surface area contributed by atoms with Crippen LogP contribution >= 0.6 is 15.8 Å². The van der Waals surface area contributed by atoms with Crippen molar-refractivity contribution < 1.29 is 24.8 Å². The van der Waals surface area contributed by atoms with E-state index in [1.165, 1.54) is 43.0 Å². The van der Waals surface area contributed by atoms with Crippen molar-refractivity contribution in [3.8, 4) is 0 Å². The van der Waals surface area contributed by atoms with Crippen LogP contribution in [0.15, 0.2) is 224 Å². The van der Waals surface area contributed by atoms with Gasteiger partial charge in [0.2, 0.25) is 0 Å². The van der Waals surface area contributed by atoms with Crippen molar-refractivity contribution in [2.75, 3.05) is 0 Å². The zero-order valence-electron chi connectivity index (χ0n) is 32.1. The predicted molar refractivity (Wildman–Crippen MR) is 243 cm³/mol. The van der Waals surface area contributed by atoms with E-state index < -0.39 is 23.9 Å². The molecule has 7 aromatic carbocycles. The molecule has 0 spiro atoms. The monoisotopic (exact) mass is 958 g/mol. The molecule has 0 N–H and O–H groups in total. The molecular weight excluding hydrogens is 911 g/mol. The third-order valence-electron chi connectivity index (χ3n) is 9.00. The van der Waals surface area contributed by atoms with Gasteiger partial charge in [-0.2, -0.15) is 0 Å². The summed E-state index contributed by atoms with van der Waals surface area (Å²) >= 11 is 0. The van der Waals surface area contributed by atoms with Gasteiger partial charge in [0.15, 0.2) is 0 Å². The van der Waals surface area contributed by atoms with E-state index in [0.29, 0.717) is 5.92 Å². The van der Waals surface area contributed by atoms with Gasteiger partial charge < -0.3 is 6.58 Å². The van der Waals surface area contributed by atoms with E-state index in [-0.39, 0.29) is 20.1 Å². The summed E-state index contributed by atoms with van der Waals surface area (Å²) < 4.78 is 7.50. The number of allylic oxidation sites excluding steroid dienone is 3. The topological polar surface area (TPSA) is 19.9 Å². The van der Waals surface area contributed by atoms with Gasteiger partial charge >= 0.3 is 11.3 Å². The first-order valence-electron chi connectivity index (χ1n) is 18.4. The Balaban J connectivity index is 0.000000182. The molecule has 1 radical (unpaired) electrons. The minimum absolute atomic E-state index is 0. The largest absolute Gasteiger partial charge is 0.517 e. The van der Waals surface area contributed by atoms with Crippen LogP contribution in [-0.4, -0.2) is 8.07 Å². The number of benzene rings is 7. The zero-order chi connectivity index (χ0) is 38.9. The Bertz CT molecular complexity index is 1900. The number of hydrogen-bond donors (Lipinski definition) is 0. The second kappa shape index (κ2) is 22.9. The predicted octanol–water partition coefficient (Wildman–Crippen LogP) is 10.8. The molecule has 0 bridgehead atoms. The minimum Gasteiger partial charge on any atom is -0.517 e. The number of rotatable bonds is 9.